The molecular formula is C8H15FO. The van der Waals surface area contributed by atoms with Gasteiger partial charge in [-0.1, -0.05) is 6.92 Å². The van der Waals surface area contributed by atoms with Crippen LogP contribution in [0.3, 0.4) is 0 Å². The van der Waals surface area contributed by atoms with Crippen LogP contribution in [-0.4, -0.2) is 18.9 Å². The van der Waals surface area contributed by atoms with Crippen LogP contribution < -0.4 is 0 Å². The standard InChI is InChI=1S/C8H15FO/c1-3-7-6-10-5-4-8(7,2)9/h7H,3-6H2,1-2H3. The van der Waals surface area contributed by atoms with Crippen LogP contribution in [0.2, 0.25) is 0 Å². The van der Waals surface area contributed by atoms with Gasteiger partial charge in [0, 0.05) is 18.9 Å². The summed E-state index contributed by atoms with van der Waals surface area (Å²) in [6.45, 7) is 4.88. The molecule has 0 aromatic rings. The van der Waals surface area contributed by atoms with E-state index in [1.54, 1.807) is 6.92 Å². The lowest BCUT2D eigenvalue weighted by molar-refractivity contribution is -0.0528. The molecular weight excluding hydrogens is 131 g/mol. The first kappa shape index (κ1) is 7.99. The van der Waals surface area contributed by atoms with Gasteiger partial charge >= 0.3 is 0 Å². The number of rotatable bonds is 1. The fourth-order valence-corrected chi connectivity index (χ4v) is 1.42. The Morgan fingerprint density at radius 3 is 2.80 bits per heavy atom. The van der Waals surface area contributed by atoms with Gasteiger partial charge in [-0.15, -0.1) is 0 Å². The molecule has 10 heavy (non-hydrogen) atoms. The fraction of sp³-hybridized carbons (Fsp3) is 1.00. The van der Waals surface area contributed by atoms with Crippen molar-refractivity contribution in [2.45, 2.75) is 32.4 Å². The Bertz CT molecular complexity index is 112. The average molecular weight is 146 g/mol. The number of alkyl halides is 1. The molecule has 1 nitrogen and oxygen atoms in total. The molecule has 0 bridgehead atoms. The zero-order valence-corrected chi connectivity index (χ0v) is 6.69. The van der Waals surface area contributed by atoms with Crippen LogP contribution in [0.1, 0.15) is 26.7 Å². The zero-order chi connectivity index (χ0) is 7.61. The minimum absolute atomic E-state index is 0.112. The van der Waals surface area contributed by atoms with E-state index in [-0.39, 0.29) is 5.92 Å². The van der Waals surface area contributed by atoms with Crippen LogP contribution in [0.5, 0.6) is 0 Å². The Hall–Kier alpha value is -0.110. The summed E-state index contributed by atoms with van der Waals surface area (Å²) in [5, 5.41) is 0. The molecule has 0 aliphatic carbocycles. The molecule has 2 unspecified atom stereocenters. The quantitative estimate of drug-likeness (QED) is 0.551. The van der Waals surface area contributed by atoms with Crippen molar-refractivity contribution >= 4 is 0 Å². The summed E-state index contributed by atoms with van der Waals surface area (Å²) in [7, 11) is 0. The van der Waals surface area contributed by atoms with Gasteiger partial charge in [-0.3, -0.25) is 0 Å². The maximum atomic E-state index is 13.5. The van der Waals surface area contributed by atoms with Crippen molar-refractivity contribution < 1.29 is 9.13 Å². The van der Waals surface area contributed by atoms with Gasteiger partial charge in [-0.25, -0.2) is 4.39 Å². The third-order valence-electron chi connectivity index (χ3n) is 2.40. The molecule has 1 heterocycles. The van der Waals surface area contributed by atoms with E-state index in [4.69, 9.17) is 4.74 Å². The molecule has 0 aromatic heterocycles. The molecule has 0 saturated carbocycles. The molecule has 1 aliphatic rings. The highest BCUT2D eigenvalue weighted by molar-refractivity contribution is 4.84. The van der Waals surface area contributed by atoms with Gasteiger partial charge < -0.3 is 4.74 Å². The van der Waals surface area contributed by atoms with E-state index in [2.05, 4.69) is 0 Å². The molecule has 0 amide bonds. The topological polar surface area (TPSA) is 9.23 Å². The largest absolute Gasteiger partial charge is 0.381 e. The molecule has 1 saturated heterocycles. The Labute approximate surface area is 61.6 Å². The molecule has 0 N–H and O–H groups in total. The summed E-state index contributed by atoms with van der Waals surface area (Å²) in [6.07, 6.45) is 1.44. The number of hydrogen-bond acceptors (Lipinski definition) is 1. The summed E-state index contributed by atoms with van der Waals surface area (Å²) in [6, 6.07) is 0. The number of hydrogen-bond donors (Lipinski definition) is 0. The van der Waals surface area contributed by atoms with Crippen LogP contribution in [0.25, 0.3) is 0 Å². The van der Waals surface area contributed by atoms with E-state index in [0.717, 1.165) is 6.42 Å². The summed E-state index contributed by atoms with van der Waals surface area (Å²) in [4.78, 5) is 0. The molecule has 2 atom stereocenters. The van der Waals surface area contributed by atoms with Crippen molar-refractivity contribution in [3.05, 3.63) is 0 Å². The van der Waals surface area contributed by atoms with Crippen molar-refractivity contribution in [2.24, 2.45) is 5.92 Å². The van der Waals surface area contributed by atoms with Gasteiger partial charge in [0.25, 0.3) is 0 Å². The predicted octanol–water partition coefficient (Wildman–Crippen LogP) is 2.16. The summed E-state index contributed by atoms with van der Waals surface area (Å²) >= 11 is 0. The molecule has 1 rings (SSSR count). The third-order valence-corrected chi connectivity index (χ3v) is 2.40. The second-order valence-corrected chi connectivity index (χ2v) is 3.21. The summed E-state index contributed by atoms with van der Waals surface area (Å²) in [5.41, 5.74) is -0.979. The minimum Gasteiger partial charge on any atom is -0.381 e. The maximum absolute atomic E-state index is 13.5. The lowest BCUT2D eigenvalue weighted by atomic mass is 9.85. The lowest BCUT2D eigenvalue weighted by Gasteiger charge is -2.33. The number of halogens is 1. The fourth-order valence-electron chi connectivity index (χ4n) is 1.42. The van der Waals surface area contributed by atoms with Gasteiger partial charge in [0.1, 0.15) is 5.67 Å². The van der Waals surface area contributed by atoms with E-state index in [1.807, 2.05) is 6.92 Å². The Kier molecular flexibility index (Phi) is 2.29. The van der Waals surface area contributed by atoms with Crippen molar-refractivity contribution in [3.63, 3.8) is 0 Å². The third kappa shape index (κ3) is 1.48. The first-order chi connectivity index (χ1) is 4.67. The maximum Gasteiger partial charge on any atom is 0.115 e. The second kappa shape index (κ2) is 2.87. The molecule has 1 fully saturated rings. The smallest absolute Gasteiger partial charge is 0.115 e. The molecule has 2 heteroatoms. The predicted molar refractivity (Wildman–Crippen MR) is 38.7 cm³/mol. The SMILES string of the molecule is CCC1COCCC1(C)F. The van der Waals surface area contributed by atoms with Gasteiger partial charge in [0.2, 0.25) is 0 Å². The van der Waals surface area contributed by atoms with Crippen LogP contribution in [-0.2, 0) is 4.74 Å². The van der Waals surface area contributed by atoms with E-state index >= 15 is 0 Å². The second-order valence-electron chi connectivity index (χ2n) is 3.21. The van der Waals surface area contributed by atoms with Crippen molar-refractivity contribution in [3.8, 4) is 0 Å². The summed E-state index contributed by atoms with van der Waals surface area (Å²) in [5.74, 6) is 0.112. The Morgan fingerprint density at radius 1 is 1.70 bits per heavy atom. The highest BCUT2D eigenvalue weighted by Crippen LogP contribution is 2.31. The van der Waals surface area contributed by atoms with Gasteiger partial charge in [0.15, 0.2) is 0 Å². The van der Waals surface area contributed by atoms with E-state index in [9.17, 15) is 4.39 Å². The molecule has 1 aliphatic heterocycles. The Balaban J connectivity index is 2.51. The van der Waals surface area contributed by atoms with Crippen LogP contribution >= 0.6 is 0 Å². The van der Waals surface area contributed by atoms with Crippen molar-refractivity contribution in [1.82, 2.24) is 0 Å². The minimum atomic E-state index is -0.979. The normalized spacial score (nSPS) is 41.7. The van der Waals surface area contributed by atoms with Crippen LogP contribution in [0, 0.1) is 5.92 Å². The monoisotopic (exact) mass is 146 g/mol. The van der Waals surface area contributed by atoms with E-state index < -0.39 is 5.67 Å². The van der Waals surface area contributed by atoms with E-state index in [0.29, 0.717) is 19.6 Å². The molecule has 60 valence electrons. The van der Waals surface area contributed by atoms with Gasteiger partial charge in [-0.05, 0) is 13.3 Å². The van der Waals surface area contributed by atoms with Crippen LogP contribution in [0.4, 0.5) is 4.39 Å². The Morgan fingerprint density at radius 2 is 2.40 bits per heavy atom. The first-order valence-electron chi connectivity index (χ1n) is 3.93. The van der Waals surface area contributed by atoms with Gasteiger partial charge in [-0.2, -0.15) is 0 Å². The van der Waals surface area contributed by atoms with Crippen molar-refractivity contribution in [1.29, 1.82) is 0 Å². The first-order valence-corrected chi connectivity index (χ1v) is 3.93. The van der Waals surface area contributed by atoms with E-state index in [1.165, 1.54) is 0 Å². The zero-order valence-electron chi connectivity index (χ0n) is 6.69. The van der Waals surface area contributed by atoms with Crippen LogP contribution in [0.15, 0.2) is 0 Å². The molecule has 0 radical (unpaired) electrons. The summed E-state index contributed by atoms with van der Waals surface area (Å²) < 4.78 is 18.6. The number of ether oxygens (including phenoxy) is 1. The lowest BCUT2D eigenvalue weighted by Crippen LogP contribution is -2.38. The molecule has 0 aromatic carbocycles. The molecule has 0 spiro atoms. The highest BCUT2D eigenvalue weighted by Gasteiger charge is 2.35. The van der Waals surface area contributed by atoms with Gasteiger partial charge in [0.05, 0.1) is 6.61 Å². The average Bonchev–Trinajstić information content (AvgIpc) is 1.87. The highest BCUT2D eigenvalue weighted by atomic mass is 19.1. The van der Waals surface area contributed by atoms with Crippen molar-refractivity contribution in [2.75, 3.05) is 13.2 Å².